The number of hydrogen-bond donors (Lipinski definition) is 1. The van der Waals surface area contributed by atoms with E-state index in [0.717, 1.165) is 17.7 Å². The summed E-state index contributed by atoms with van der Waals surface area (Å²) in [5.74, 6) is -0.531. The molecule has 0 spiro atoms. The van der Waals surface area contributed by atoms with Gasteiger partial charge in [0, 0.05) is 5.69 Å². The van der Waals surface area contributed by atoms with Gasteiger partial charge in [0.25, 0.3) is 5.91 Å². The zero-order valence-electron chi connectivity index (χ0n) is 14.6. The largest absolute Gasteiger partial charge is 0.479 e. The van der Waals surface area contributed by atoms with Crippen LogP contribution in [0.3, 0.4) is 0 Å². The van der Waals surface area contributed by atoms with E-state index in [4.69, 9.17) is 4.74 Å². The van der Waals surface area contributed by atoms with Gasteiger partial charge in [0.2, 0.25) is 5.91 Å². The smallest absolute Gasteiger partial charge is 0.416 e. The molecule has 1 N–H and O–H groups in total. The van der Waals surface area contributed by atoms with Crippen molar-refractivity contribution in [3.8, 4) is 5.75 Å². The third kappa shape index (κ3) is 4.05. The Morgan fingerprint density at radius 3 is 2.67 bits per heavy atom. The van der Waals surface area contributed by atoms with Crippen LogP contribution in [-0.4, -0.2) is 24.5 Å². The molecule has 0 aliphatic carbocycles. The minimum atomic E-state index is -4.51. The van der Waals surface area contributed by atoms with Gasteiger partial charge in [-0.05, 0) is 49.7 Å². The van der Waals surface area contributed by atoms with Gasteiger partial charge in [0.15, 0.2) is 6.10 Å². The maximum absolute atomic E-state index is 12.8. The second kappa shape index (κ2) is 6.94. The van der Waals surface area contributed by atoms with E-state index >= 15 is 0 Å². The second-order valence-corrected chi connectivity index (χ2v) is 6.28. The Labute approximate surface area is 153 Å². The van der Waals surface area contributed by atoms with E-state index in [0.29, 0.717) is 11.4 Å². The Kier molecular flexibility index (Phi) is 4.82. The molecule has 2 amide bonds. The quantitative estimate of drug-likeness (QED) is 0.885. The van der Waals surface area contributed by atoms with E-state index in [1.807, 2.05) is 13.0 Å². The van der Waals surface area contributed by atoms with E-state index in [1.54, 1.807) is 19.1 Å². The number of nitrogens with zero attached hydrogens (tertiary/aromatic N) is 1. The first-order chi connectivity index (χ1) is 12.6. The lowest BCUT2D eigenvalue weighted by Gasteiger charge is -2.32. The van der Waals surface area contributed by atoms with Crippen LogP contribution >= 0.6 is 0 Å². The van der Waals surface area contributed by atoms with Crippen molar-refractivity contribution in [2.24, 2.45) is 0 Å². The number of anilines is 2. The van der Waals surface area contributed by atoms with Crippen molar-refractivity contribution in [2.75, 3.05) is 16.8 Å². The monoisotopic (exact) mass is 378 g/mol. The molecule has 3 rings (SSSR count). The molecule has 0 aromatic heterocycles. The van der Waals surface area contributed by atoms with E-state index in [-0.39, 0.29) is 12.2 Å². The molecule has 1 aliphatic heterocycles. The highest BCUT2D eigenvalue weighted by molar-refractivity contribution is 6.06. The Bertz CT molecular complexity index is 896. The summed E-state index contributed by atoms with van der Waals surface area (Å²) in [7, 11) is 0. The van der Waals surface area contributed by atoms with Gasteiger partial charge in [0.05, 0.1) is 11.3 Å². The van der Waals surface area contributed by atoms with Crippen molar-refractivity contribution in [2.45, 2.75) is 26.1 Å². The number of nitrogens with one attached hydrogen (secondary N) is 1. The Morgan fingerprint density at radius 2 is 1.96 bits per heavy atom. The van der Waals surface area contributed by atoms with Crippen molar-refractivity contribution in [1.29, 1.82) is 0 Å². The van der Waals surface area contributed by atoms with Crippen molar-refractivity contribution < 1.29 is 27.5 Å². The van der Waals surface area contributed by atoms with Crippen molar-refractivity contribution in [3.05, 3.63) is 53.6 Å². The first-order valence-corrected chi connectivity index (χ1v) is 8.21. The van der Waals surface area contributed by atoms with Gasteiger partial charge in [-0.15, -0.1) is 0 Å². The molecule has 0 fully saturated rings. The average Bonchev–Trinajstić information content (AvgIpc) is 2.59. The highest BCUT2D eigenvalue weighted by Crippen LogP contribution is 2.35. The van der Waals surface area contributed by atoms with E-state index in [9.17, 15) is 22.8 Å². The van der Waals surface area contributed by atoms with Gasteiger partial charge < -0.3 is 10.1 Å². The molecular weight excluding hydrogens is 361 g/mol. The molecular formula is C19H17F3N2O3. The molecule has 5 nitrogen and oxygen atoms in total. The number of ether oxygens (including phenoxy) is 1. The molecule has 1 heterocycles. The number of carbonyl (C=O) groups is 2. The van der Waals surface area contributed by atoms with Crippen LogP contribution < -0.4 is 15.0 Å². The lowest BCUT2D eigenvalue weighted by molar-refractivity contribution is -0.137. The third-order valence-electron chi connectivity index (χ3n) is 4.10. The summed E-state index contributed by atoms with van der Waals surface area (Å²) in [4.78, 5) is 26.1. The van der Waals surface area contributed by atoms with Gasteiger partial charge >= 0.3 is 6.18 Å². The first kappa shape index (κ1) is 18.8. The number of benzene rings is 2. The number of alkyl halides is 3. The number of amides is 2. The minimum Gasteiger partial charge on any atom is -0.479 e. The molecule has 1 aliphatic rings. The topological polar surface area (TPSA) is 58.6 Å². The van der Waals surface area contributed by atoms with Crippen molar-refractivity contribution in [1.82, 2.24) is 0 Å². The standard InChI is InChI=1S/C19H17F3N2O3/c1-11-6-7-16-15(8-11)24(18(26)12(2)27-16)10-17(25)23-14-5-3-4-13(9-14)19(20,21)22/h3-9,12H,10H2,1-2H3,(H,23,25). The fraction of sp³-hybridized carbons (Fsp3) is 0.263. The fourth-order valence-corrected chi connectivity index (χ4v) is 2.80. The molecule has 0 saturated heterocycles. The Hall–Kier alpha value is -3.03. The SMILES string of the molecule is Cc1ccc2c(c1)N(CC(=O)Nc1cccc(C(F)(F)F)c1)C(=O)C(C)O2. The fourth-order valence-electron chi connectivity index (χ4n) is 2.80. The third-order valence-corrected chi connectivity index (χ3v) is 4.10. The molecule has 1 unspecified atom stereocenters. The molecule has 0 radical (unpaired) electrons. The molecule has 2 aromatic carbocycles. The molecule has 1 atom stereocenters. The van der Waals surface area contributed by atoms with Gasteiger partial charge in [0.1, 0.15) is 12.3 Å². The van der Waals surface area contributed by atoms with Gasteiger partial charge in [-0.3, -0.25) is 14.5 Å². The number of fused-ring (bicyclic) bond motifs is 1. The molecule has 2 aromatic rings. The normalized spacial score (nSPS) is 16.6. The van der Waals surface area contributed by atoms with Crippen LogP contribution in [0.5, 0.6) is 5.75 Å². The van der Waals surface area contributed by atoms with Crippen LogP contribution in [0, 0.1) is 6.92 Å². The number of rotatable bonds is 3. The predicted octanol–water partition coefficient (Wildman–Crippen LogP) is 3.77. The zero-order chi connectivity index (χ0) is 19.8. The van der Waals surface area contributed by atoms with Crippen LogP contribution in [0.1, 0.15) is 18.1 Å². The lowest BCUT2D eigenvalue weighted by Crippen LogP contribution is -2.47. The summed E-state index contributed by atoms with van der Waals surface area (Å²) in [5.41, 5.74) is 0.477. The summed E-state index contributed by atoms with van der Waals surface area (Å²) in [6.07, 6.45) is -5.27. The van der Waals surface area contributed by atoms with E-state index < -0.39 is 29.7 Å². The summed E-state index contributed by atoms with van der Waals surface area (Å²) < 4.78 is 43.9. The van der Waals surface area contributed by atoms with E-state index in [2.05, 4.69) is 5.32 Å². The number of aryl methyl sites for hydroxylation is 1. The maximum atomic E-state index is 12.8. The lowest BCUT2D eigenvalue weighted by atomic mass is 10.1. The highest BCUT2D eigenvalue weighted by atomic mass is 19.4. The molecule has 142 valence electrons. The van der Waals surface area contributed by atoms with Crippen LogP contribution in [0.15, 0.2) is 42.5 Å². The van der Waals surface area contributed by atoms with Crippen molar-refractivity contribution in [3.63, 3.8) is 0 Å². The van der Waals surface area contributed by atoms with E-state index in [1.165, 1.54) is 17.0 Å². The van der Waals surface area contributed by atoms with Crippen LogP contribution in [-0.2, 0) is 15.8 Å². The van der Waals surface area contributed by atoms with Gasteiger partial charge in [-0.2, -0.15) is 13.2 Å². The molecule has 0 bridgehead atoms. The Morgan fingerprint density at radius 1 is 1.22 bits per heavy atom. The summed E-state index contributed by atoms with van der Waals surface area (Å²) in [5, 5.41) is 2.41. The number of halogens is 3. The molecule has 27 heavy (non-hydrogen) atoms. The predicted molar refractivity (Wildman–Crippen MR) is 93.7 cm³/mol. The van der Waals surface area contributed by atoms with Crippen molar-refractivity contribution >= 4 is 23.2 Å². The zero-order valence-corrected chi connectivity index (χ0v) is 14.6. The second-order valence-electron chi connectivity index (χ2n) is 6.28. The molecule has 8 heteroatoms. The minimum absolute atomic E-state index is 0.00745. The number of hydrogen-bond acceptors (Lipinski definition) is 3. The summed E-state index contributed by atoms with van der Waals surface area (Å²) in [6.45, 7) is 3.08. The average molecular weight is 378 g/mol. The van der Waals surface area contributed by atoms with Gasteiger partial charge in [-0.25, -0.2) is 0 Å². The van der Waals surface area contributed by atoms with Crippen LogP contribution in [0.2, 0.25) is 0 Å². The highest BCUT2D eigenvalue weighted by Gasteiger charge is 2.33. The summed E-state index contributed by atoms with van der Waals surface area (Å²) >= 11 is 0. The first-order valence-electron chi connectivity index (χ1n) is 8.21. The molecule has 0 saturated carbocycles. The van der Waals surface area contributed by atoms with Crippen LogP contribution in [0.4, 0.5) is 24.5 Å². The summed E-state index contributed by atoms with van der Waals surface area (Å²) in [6, 6.07) is 9.58. The Balaban J connectivity index is 1.80. The maximum Gasteiger partial charge on any atom is 0.416 e. The van der Waals surface area contributed by atoms with Crippen LogP contribution in [0.25, 0.3) is 0 Å². The van der Waals surface area contributed by atoms with Gasteiger partial charge in [-0.1, -0.05) is 12.1 Å². The number of carbonyl (C=O) groups excluding carboxylic acids is 2.